The van der Waals surface area contributed by atoms with Gasteiger partial charge in [-0.1, -0.05) is 11.3 Å². The van der Waals surface area contributed by atoms with Crippen LogP contribution in [0.1, 0.15) is 36.9 Å². The van der Waals surface area contributed by atoms with E-state index in [0.29, 0.717) is 26.1 Å². The molecule has 0 spiro atoms. The lowest BCUT2D eigenvalue weighted by Gasteiger charge is -2.66. The van der Waals surface area contributed by atoms with E-state index < -0.39 is 11.8 Å². The first-order chi connectivity index (χ1) is 17.4. The van der Waals surface area contributed by atoms with Crippen molar-refractivity contribution in [3.8, 4) is 11.3 Å². The fraction of sp³-hybridized carbons (Fsp3) is 0.462. The summed E-state index contributed by atoms with van der Waals surface area (Å²) in [4.78, 5) is 11.1. The second kappa shape index (κ2) is 8.06. The highest BCUT2D eigenvalue weighted by Crippen LogP contribution is 2.69. The molecule has 1 aliphatic heterocycles. The van der Waals surface area contributed by atoms with E-state index in [9.17, 15) is 8.78 Å². The van der Waals surface area contributed by atoms with E-state index in [4.69, 9.17) is 4.98 Å². The first-order valence-corrected chi connectivity index (χ1v) is 12.6. The zero-order valence-corrected chi connectivity index (χ0v) is 19.9. The van der Waals surface area contributed by atoms with Crippen LogP contribution in [-0.4, -0.2) is 60.8 Å². The highest BCUT2D eigenvalue weighted by molar-refractivity contribution is 5.63. The standard InChI is InChI=1S/C26H28F2N8/c27-20-3-4-34(10-20)22-5-19(7-29-8-22)23-13-36(33-32-23)12-21-11-35-9-18(1-2-24(35)31-21)6-30-17-25-14-26(28,15-25)16-25/h1-2,5,7-9,11,13,20,30H,3-4,6,10,12,14-17H2. The number of imidazole rings is 1. The number of hydrogen-bond acceptors (Lipinski definition) is 6. The number of aromatic nitrogens is 6. The van der Waals surface area contributed by atoms with E-state index in [1.165, 1.54) is 5.56 Å². The van der Waals surface area contributed by atoms with E-state index in [1.54, 1.807) is 17.1 Å². The van der Waals surface area contributed by atoms with Crippen molar-refractivity contribution in [1.29, 1.82) is 0 Å². The van der Waals surface area contributed by atoms with Gasteiger partial charge in [-0.25, -0.2) is 18.4 Å². The number of nitrogens with zero attached hydrogens (tertiary/aromatic N) is 7. The number of alkyl halides is 2. The Morgan fingerprint density at radius 2 is 2.00 bits per heavy atom. The molecule has 186 valence electrons. The maximum absolute atomic E-state index is 13.7. The smallest absolute Gasteiger partial charge is 0.137 e. The summed E-state index contributed by atoms with van der Waals surface area (Å²) >= 11 is 0. The molecule has 4 fully saturated rings. The van der Waals surface area contributed by atoms with E-state index in [2.05, 4.69) is 32.9 Å². The van der Waals surface area contributed by atoms with Crippen LogP contribution >= 0.6 is 0 Å². The molecular formula is C26H28F2N8. The number of hydrogen-bond donors (Lipinski definition) is 1. The number of pyridine rings is 2. The number of rotatable bonds is 8. The van der Waals surface area contributed by atoms with Crippen LogP contribution in [0, 0.1) is 5.41 Å². The topological polar surface area (TPSA) is 76.2 Å². The normalized spacial score (nSPS) is 26.8. The maximum Gasteiger partial charge on any atom is 0.137 e. The van der Waals surface area contributed by atoms with Gasteiger partial charge in [-0.05, 0) is 48.8 Å². The van der Waals surface area contributed by atoms with Crippen LogP contribution in [0.4, 0.5) is 14.5 Å². The number of fused-ring (bicyclic) bond motifs is 1. The van der Waals surface area contributed by atoms with Crippen molar-refractivity contribution in [2.75, 3.05) is 24.5 Å². The van der Waals surface area contributed by atoms with Gasteiger partial charge in [0.1, 0.15) is 23.2 Å². The van der Waals surface area contributed by atoms with Crippen LogP contribution in [0.2, 0.25) is 0 Å². The highest BCUT2D eigenvalue weighted by Gasteiger charge is 2.68. The molecule has 36 heavy (non-hydrogen) atoms. The molecule has 3 saturated carbocycles. The van der Waals surface area contributed by atoms with Crippen molar-refractivity contribution in [3.63, 3.8) is 0 Å². The molecule has 1 N–H and O–H groups in total. The van der Waals surface area contributed by atoms with Crippen LogP contribution < -0.4 is 10.2 Å². The van der Waals surface area contributed by atoms with Gasteiger partial charge in [0.2, 0.25) is 0 Å². The van der Waals surface area contributed by atoms with E-state index >= 15 is 0 Å². The molecular weight excluding hydrogens is 462 g/mol. The molecule has 1 atom stereocenters. The first kappa shape index (κ1) is 21.8. The van der Waals surface area contributed by atoms with Crippen molar-refractivity contribution >= 4 is 11.3 Å². The molecule has 1 unspecified atom stereocenters. The Morgan fingerprint density at radius 3 is 2.81 bits per heavy atom. The summed E-state index contributed by atoms with van der Waals surface area (Å²) in [6, 6.07) is 6.09. The summed E-state index contributed by atoms with van der Waals surface area (Å²) in [6.45, 7) is 3.24. The molecule has 8 rings (SSSR count). The largest absolute Gasteiger partial charge is 0.367 e. The van der Waals surface area contributed by atoms with Crippen molar-refractivity contribution < 1.29 is 8.78 Å². The van der Waals surface area contributed by atoms with E-state index in [-0.39, 0.29) is 5.41 Å². The van der Waals surface area contributed by atoms with Crippen molar-refractivity contribution in [1.82, 2.24) is 34.7 Å². The molecule has 2 bridgehead atoms. The van der Waals surface area contributed by atoms with E-state index in [1.807, 2.05) is 33.8 Å². The summed E-state index contributed by atoms with van der Waals surface area (Å²) in [5.74, 6) is 0. The lowest BCUT2D eigenvalue weighted by Crippen LogP contribution is -2.67. The predicted molar refractivity (Wildman–Crippen MR) is 131 cm³/mol. The van der Waals surface area contributed by atoms with Gasteiger partial charge >= 0.3 is 0 Å². The van der Waals surface area contributed by atoms with Crippen LogP contribution in [0.5, 0.6) is 0 Å². The van der Waals surface area contributed by atoms with Gasteiger partial charge in [0, 0.05) is 50.3 Å². The van der Waals surface area contributed by atoms with Crippen molar-refractivity contribution in [2.45, 2.75) is 50.6 Å². The minimum absolute atomic E-state index is 0.209. The van der Waals surface area contributed by atoms with Crippen molar-refractivity contribution in [2.24, 2.45) is 5.41 Å². The Morgan fingerprint density at radius 1 is 1.11 bits per heavy atom. The molecule has 0 aromatic carbocycles. The Hall–Kier alpha value is -3.40. The average Bonchev–Trinajstić information content (AvgIpc) is 3.57. The van der Waals surface area contributed by atoms with Gasteiger partial charge in [0.15, 0.2) is 0 Å². The third-order valence-corrected chi connectivity index (χ3v) is 7.84. The summed E-state index contributed by atoms with van der Waals surface area (Å²) < 4.78 is 31.1. The minimum Gasteiger partial charge on any atom is -0.367 e. The Kier molecular flexibility index (Phi) is 4.89. The Bertz CT molecular complexity index is 1410. The number of anilines is 1. The third kappa shape index (κ3) is 3.93. The fourth-order valence-corrected chi connectivity index (χ4v) is 6.16. The highest BCUT2D eigenvalue weighted by atomic mass is 19.1. The zero-order valence-electron chi connectivity index (χ0n) is 19.9. The molecule has 10 heteroatoms. The summed E-state index contributed by atoms with van der Waals surface area (Å²) in [7, 11) is 0. The fourth-order valence-electron chi connectivity index (χ4n) is 6.16. The second-order valence-electron chi connectivity index (χ2n) is 10.9. The van der Waals surface area contributed by atoms with Crippen LogP contribution in [0.3, 0.4) is 0 Å². The molecule has 0 amide bonds. The zero-order chi connectivity index (χ0) is 24.3. The second-order valence-corrected chi connectivity index (χ2v) is 10.9. The van der Waals surface area contributed by atoms with Gasteiger partial charge in [-0.2, -0.15) is 0 Å². The quantitative estimate of drug-likeness (QED) is 0.407. The molecule has 0 radical (unpaired) electrons. The molecule has 3 aliphatic carbocycles. The molecule has 4 aliphatic rings. The molecule has 1 saturated heterocycles. The van der Waals surface area contributed by atoms with Gasteiger partial charge in [-0.15, -0.1) is 5.10 Å². The Labute approximate surface area is 207 Å². The van der Waals surface area contributed by atoms with Crippen LogP contribution in [0.15, 0.2) is 49.2 Å². The van der Waals surface area contributed by atoms with Gasteiger partial charge in [0.05, 0.1) is 30.3 Å². The lowest BCUT2D eigenvalue weighted by molar-refractivity contribution is -0.209. The third-order valence-electron chi connectivity index (χ3n) is 7.84. The van der Waals surface area contributed by atoms with Crippen LogP contribution in [0.25, 0.3) is 16.9 Å². The maximum atomic E-state index is 13.7. The van der Waals surface area contributed by atoms with Gasteiger partial charge in [0.25, 0.3) is 0 Å². The predicted octanol–water partition coefficient (Wildman–Crippen LogP) is 3.57. The SMILES string of the molecule is FC1CCN(c2cncc(-c3cn(Cc4cn5cc(CNCC67CC(F)(C6)C7)ccc5n4)nn3)c2)C1. The minimum atomic E-state index is -0.840. The number of halogens is 2. The molecule has 4 aromatic rings. The van der Waals surface area contributed by atoms with E-state index in [0.717, 1.165) is 60.6 Å². The summed E-state index contributed by atoms with van der Waals surface area (Å²) in [6.07, 6.45) is 11.4. The van der Waals surface area contributed by atoms with Crippen LogP contribution in [-0.2, 0) is 13.1 Å². The first-order valence-electron chi connectivity index (χ1n) is 12.6. The molecule has 5 heterocycles. The molecule has 8 nitrogen and oxygen atoms in total. The van der Waals surface area contributed by atoms with Crippen molar-refractivity contribution in [3.05, 3.63) is 60.4 Å². The molecule has 4 aromatic heterocycles. The lowest BCUT2D eigenvalue weighted by atomic mass is 9.42. The Balaban J connectivity index is 1.00. The summed E-state index contributed by atoms with van der Waals surface area (Å²) in [5.41, 5.74) is 4.78. The monoisotopic (exact) mass is 490 g/mol. The number of nitrogens with one attached hydrogen (secondary N) is 1. The summed E-state index contributed by atoms with van der Waals surface area (Å²) in [5, 5.41) is 12.1. The van der Waals surface area contributed by atoms with Gasteiger partial charge < -0.3 is 14.6 Å². The average molecular weight is 491 g/mol. The van der Waals surface area contributed by atoms with Gasteiger partial charge in [-0.3, -0.25) is 4.98 Å².